The first-order chi connectivity index (χ1) is 8.52. The lowest BCUT2D eigenvalue weighted by Gasteiger charge is -2.16. The van der Waals surface area contributed by atoms with Crippen molar-refractivity contribution in [3.8, 4) is 0 Å². The highest BCUT2D eigenvalue weighted by atomic mass is 32.2. The van der Waals surface area contributed by atoms with Gasteiger partial charge in [0.15, 0.2) is 9.84 Å². The van der Waals surface area contributed by atoms with Gasteiger partial charge in [-0.25, -0.2) is 8.42 Å². The molecule has 2 nitrogen and oxygen atoms in total. The molecule has 1 atom stereocenters. The number of rotatable bonds is 5. The lowest BCUT2D eigenvalue weighted by atomic mass is 10.1. The van der Waals surface area contributed by atoms with E-state index in [1.54, 1.807) is 12.2 Å². The zero-order valence-electron chi connectivity index (χ0n) is 11.0. The Morgan fingerprint density at radius 1 is 1.56 bits per heavy atom. The highest BCUT2D eigenvalue weighted by molar-refractivity contribution is 7.96. The first-order valence-electron chi connectivity index (χ1n) is 6.10. The molecule has 1 rings (SSSR count). The topological polar surface area (TPSA) is 34.1 Å². The summed E-state index contributed by atoms with van der Waals surface area (Å²) in [5.74, 6) is 0. The van der Waals surface area contributed by atoms with Crippen LogP contribution in [0.1, 0.15) is 26.7 Å². The van der Waals surface area contributed by atoms with Gasteiger partial charge in [-0.1, -0.05) is 49.5 Å². The summed E-state index contributed by atoms with van der Waals surface area (Å²) in [6.45, 7) is 7.47. The molecule has 18 heavy (non-hydrogen) atoms. The smallest absolute Gasteiger partial charge is 0.185 e. The van der Waals surface area contributed by atoms with Crippen molar-refractivity contribution in [1.82, 2.24) is 0 Å². The standard InChI is InChI=1S/C15H20O2S/c1-4-6-10-14(8-5-2)18(16,17)15-11-7-9-13(3)12-15/h5-10,12,15H,2,4,11H2,1,3H3/b10-6-,14-8+. The number of hydrogen-bond donors (Lipinski definition) is 0. The predicted molar refractivity (Wildman–Crippen MR) is 77.9 cm³/mol. The molecule has 0 N–H and O–H groups in total. The largest absolute Gasteiger partial charge is 0.223 e. The molecule has 0 saturated heterocycles. The van der Waals surface area contributed by atoms with E-state index < -0.39 is 15.1 Å². The second kappa shape index (κ2) is 6.55. The third-order valence-corrected chi connectivity index (χ3v) is 4.78. The quantitative estimate of drug-likeness (QED) is 0.709. The fourth-order valence-electron chi connectivity index (χ4n) is 1.79. The molecular weight excluding hydrogens is 244 g/mol. The molecule has 1 unspecified atom stereocenters. The van der Waals surface area contributed by atoms with E-state index in [1.807, 2.05) is 38.2 Å². The molecule has 0 bridgehead atoms. The van der Waals surface area contributed by atoms with Crippen molar-refractivity contribution in [3.05, 3.63) is 59.6 Å². The molecule has 3 heteroatoms. The van der Waals surface area contributed by atoms with E-state index in [0.29, 0.717) is 11.3 Å². The van der Waals surface area contributed by atoms with E-state index in [0.717, 1.165) is 12.0 Å². The molecule has 0 aromatic carbocycles. The van der Waals surface area contributed by atoms with Gasteiger partial charge in [0.25, 0.3) is 0 Å². The lowest BCUT2D eigenvalue weighted by molar-refractivity contribution is 0.595. The van der Waals surface area contributed by atoms with Crippen LogP contribution in [-0.4, -0.2) is 13.7 Å². The van der Waals surface area contributed by atoms with Crippen molar-refractivity contribution in [3.63, 3.8) is 0 Å². The van der Waals surface area contributed by atoms with Gasteiger partial charge in [0.1, 0.15) is 0 Å². The van der Waals surface area contributed by atoms with Gasteiger partial charge in [-0.3, -0.25) is 0 Å². The minimum absolute atomic E-state index is 0.337. The van der Waals surface area contributed by atoms with Crippen LogP contribution < -0.4 is 0 Å². The first kappa shape index (κ1) is 14.7. The van der Waals surface area contributed by atoms with Crippen LogP contribution in [0.2, 0.25) is 0 Å². The summed E-state index contributed by atoms with van der Waals surface area (Å²) in [5, 5.41) is -0.463. The van der Waals surface area contributed by atoms with Crippen LogP contribution in [0.4, 0.5) is 0 Å². The van der Waals surface area contributed by atoms with Crippen molar-refractivity contribution in [1.29, 1.82) is 0 Å². The maximum absolute atomic E-state index is 12.5. The van der Waals surface area contributed by atoms with Crippen LogP contribution in [0.5, 0.6) is 0 Å². The maximum Gasteiger partial charge on any atom is 0.185 e. The Balaban J connectivity index is 3.11. The van der Waals surface area contributed by atoms with Gasteiger partial charge in [-0.15, -0.1) is 0 Å². The average molecular weight is 264 g/mol. The summed E-state index contributed by atoms with van der Waals surface area (Å²) in [6.07, 6.45) is 13.6. The molecule has 1 aliphatic carbocycles. The molecule has 0 radical (unpaired) electrons. The van der Waals surface area contributed by atoms with Gasteiger partial charge in [0, 0.05) is 0 Å². The van der Waals surface area contributed by atoms with Crippen LogP contribution in [-0.2, 0) is 9.84 Å². The van der Waals surface area contributed by atoms with Gasteiger partial charge in [-0.05, 0) is 31.9 Å². The highest BCUT2D eigenvalue weighted by Gasteiger charge is 2.26. The molecule has 0 fully saturated rings. The third kappa shape index (κ3) is 3.57. The summed E-state index contributed by atoms with van der Waals surface area (Å²) in [4.78, 5) is 0.337. The van der Waals surface area contributed by atoms with E-state index in [9.17, 15) is 8.42 Å². The normalized spacial score (nSPS) is 21.1. The Kier molecular flexibility index (Phi) is 5.35. The Bertz CT molecular complexity index is 517. The van der Waals surface area contributed by atoms with E-state index >= 15 is 0 Å². The predicted octanol–water partition coefficient (Wildman–Crippen LogP) is 3.71. The molecule has 0 saturated carbocycles. The first-order valence-corrected chi connectivity index (χ1v) is 7.65. The number of sulfone groups is 1. The van der Waals surface area contributed by atoms with Crippen molar-refractivity contribution in [2.24, 2.45) is 0 Å². The van der Waals surface area contributed by atoms with Crippen LogP contribution in [0.25, 0.3) is 0 Å². The molecule has 0 aromatic heterocycles. The summed E-state index contributed by atoms with van der Waals surface area (Å²) >= 11 is 0. The second-order valence-corrected chi connectivity index (χ2v) is 6.41. The lowest BCUT2D eigenvalue weighted by Crippen LogP contribution is -2.21. The molecule has 0 amide bonds. The zero-order valence-corrected chi connectivity index (χ0v) is 11.8. The van der Waals surface area contributed by atoms with Crippen LogP contribution in [0, 0.1) is 0 Å². The van der Waals surface area contributed by atoms with Crippen molar-refractivity contribution >= 4 is 9.84 Å². The van der Waals surface area contributed by atoms with Gasteiger partial charge in [0.2, 0.25) is 0 Å². The van der Waals surface area contributed by atoms with Gasteiger partial charge in [0.05, 0.1) is 10.2 Å². The maximum atomic E-state index is 12.5. The van der Waals surface area contributed by atoms with E-state index in [-0.39, 0.29) is 0 Å². The van der Waals surface area contributed by atoms with Crippen LogP contribution in [0.15, 0.2) is 59.6 Å². The molecular formula is C15H20O2S. The SMILES string of the molecule is C=C/C=C(\C=C/CC)S(=O)(=O)C1C=C(C)C=CC1. The summed E-state index contributed by atoms with van der Waals surface area (Å²) in [7, 11) is -3.32. The van der Waals surface area contributed by atoms with E-state index in [1.165, 1.54) is 6.08 Å². The third-order valence-electron chi connectivity index (χ3n) is 2.72. The summed E-state index contributed by atoms with van der Waals surface area (Å²) in [6, 6.07) is 0. The summed E-state index contributed by atoms with van der Waals surface area (Å²) < 4.78 is 25.0. The fraction of sp³-hybridized carbons (Fsp3) is 0.333. The minimum Gasteiger partial charge on any atom is -0.223 e. The zero-order chi connectivity index (χ0) is 13.6. The number of allylic oxidation sites excluding steroid dienone is 7. The Labute approximate surface area is 110 Å². The van der Waals surface area contributed by atoms with Crippen LogP contribution in [0.3, 0.4) is 0 Å². The van der Waals surface area contributed by atoms with Gasteiger partial charge >= 0.3 is 0 Å². The molecule has 1 aliphatic rings. The molecule has 0 aromatic rings. The van der Waals surface area contributed by atoms with Gasteiger partial charge in [-0.2, -0.15) is 0 Å². The Morgan fingerprint density at radius 3 is 2.83 bits per heavy atom. The number of hydrogen-bond acceptors (Lipinski definition) is 2. The molecule has 0 spiro atoms. The van der Waals surface area contributed by atoms with Crippen molar-refractivity contribution < 1.29 is 8.42 Å². The summed E-state index contributed by atoms with van der Waals surface area (Å²) in [5.41, 5.74) is 0.993. The Hall–Kier alpha value is -1.35. The molecule has 0 heterocycles. The molecule has 0 aliphatic heterocycles. The van der Waals surface area contributed by atoms with Gasteiger partial charge < -0.3 is 0 Å². The average Bonchev–Trinajstić information content (AvgIpc) is 2.34. The highest BCUT2D eigenvalue weighted by Crippen LogP contribution is 2.24. The monoisotopic (exact) mass is 264 g/mol. The second-order valence-electron chi connectivity index (χ2n) is 4.25. The van der Waals surface area contributed by atoms with Crippen molar-refractivity contribution in [2.75, 3.05) is 0 Å². The van der Waals surface area contributed by atoms with E-state index in [4.69, 9.17) is 0 Å². The van der Waals surface area contributed by atoms with Crippen molar-refractivity contribution in [2.45, 2.75) is 31.9 Å². The minimum atomic E-state index is -3.32. The fourth-order valence-corrected chi connectivity index (χ4v) is 3.47. The van der Waals surface area contributed by atoms with Crippen LogP contribution >= 0.6 is 0 Å². The Morgan fingerprint density at radius 2 is 2.28 bits per heavy atom. The molecule has 98 valence electrons. The van der Waals surface area contributed by atoms with E-state index in [2.05, 4.69) is 6.58 Å².